The van der Waals surface area contributed by atoms with Gasteiger partial charge in [0, 0.05) is 38.8 Å². The SMILES string of the molecule is CC/C=C\C=C(/C)N1B2c3c(cc(C)cc3-n3c4ccccc4c4cccc2c43)-c2ccc3oc4ccccc4c3c21. The fourth-order valence-electron chi connectivity index (χ4n) is 7.61. The minimum atomic E-state index is 0.0224. The van der Waals surface area contributed by atoms with Crippen LogP contribution in [0, 0.1) is 6.92 Å². The van der Waals surface area contributed by atoms with Crippen LogP contribution in [-0.2, 0) is 0 Å². The van der Waals surface area contributed by atoms with E-state index in [-0.39, 0.29) is 6.85 Å². The van der Waals surface area contributed by atoms with Gasteiger partial charge in [-0.15, -0.1) is 0 Å². The number of aryl methyl sites for hydroxylation is 1. The fourth-order valence-corrected chi connectivity index (χ4v) is 7.61. The zero-order valence-electron chi connectivity index (χ0n) is 24.0. The van der Waals surface area contributed by atoms with Crippen LogP contribution in [-0.4, -0.2) is 11.4 Å². The van der Waals surface area contributed by atoms with Crippen LogP contribution in [0.2, 0.25) is 0 Å². The second kappa shape index (κ2) is 8.53. The first-order valence-electron chi connectivity index (χ1n) is 14.9. The number of allylic oxidation sites excluding steroid dienone is 4. The van der Waals surface area contributed by atoms with Gasteiger partial charge in [-0.2, -0.15) is 0 Å². The molecule has 0 radical (unpaired) electrons. The van der Waals surface area contributed by atoms with E-state index in [0.29, 0.717) is 0 Å². The van der Waals surface area contributed by atoms with Gasteiger partial charge in [-0.25, -0.2) is 0 Å². The lowest BCUT2D eigenvalue weighted by molar-refractivity contribution is 0.669. The topological polar surface area (TPSA) is 21.3 Å². The highest BCUT2D eigenvalue weighted by atomic mass is 16.3. The van der Waals surface area contributed by atoms with Crippen LogP contribution < -0.4 is 15.7 Å². The number of hydrogen-bond acceptors (Lipinski definition) is 2. The summed E-state index contributed by atoms with van der Waals surface area (Å²) < 4.78 is 8.97. The Hall–Kier alpha value is -4.96. The average molecular weight is 540 g/mol. The van der Waals surface area contributed by atoms with Gasteiger partial charge in [0.15, 0.2) is 0 Å². The summed E-state index contributed by atoms with van der Waals surface area (Å²) in [6, 6.07) is 33.4. The summed E-state index contributed by atoms with van der Waals surface area (Å²) in [6.45, 7) is 6.69. The molecule has 0 unspecified atom stereocenters. The largest absolute Gasteiger partial charge is 0.456 e. The van der Waals surface area contributed by atoms with E-state index in [1.807, 2.05) is 0 Å². The van der Waals surface area contributed by atoms with Crippen molar-refractivity contribution >= 4 is 67.2 Å². The van der Waals surface area contributed by atoms with Gasteiger partial charge in [0.1, 0.15) is 11.2 Å². The molecule has 0 atom stereocenters. The van der Waals surface area contributed by atoms with Crippen LogP contribution in [0.4, 0.5) is 5.69 Å². The van der Waals surface area contributed by atoms with Crippen LogP contribution in [0.25, 0.3) is 60.6 Å². The van der Waals surface area contributed by atoms with Gasteiger partial charge in [0.05, 0.1) is 16.4 Å². The fraction of sp³-hybridized carbons (Fsp3) is 0.105. The molecule has 42 heavy (non-hydrogen) atoms. The monoisotopic (exact) mass is 540 g/mol. The highest BCUT2D eigenvalue weighted by molar-refractivity contribution is 6.93. The Morgan fingerprint density at radius 2 is 1.64 bits per heavy atom. The highest BCUT2D eigenvalue weighted by Crippen LogP contribution is 2.48. The Balaban J connectivity index is 1.50. The van der Waals surface area contributed by atoms with E-state index in [2.05, 4.69) is 139 Å². The summed E-state index contributed by atoms with van der Waals surface area (Å²) in [4.78, 5) is 2.59. The molecule has 2 aromatic heterocycles. The summed E-state index contributed by atoms with van der Waals surface area (Å²) in [6.07, 6.45) is 7.71. The van der Waals surface area contributed by atoms with Crippen LogP contribution >= 0.6 is 0 Å². The molecular formula is C38H29BN2O. The van der Waals surface area contributed by atoms with Gasteiger partial charge in [-0.3, -0.25) is 0 Å². The van der Waals surface area contributed by atoms with E-state index >= 15 is 0 Å². The van der Waals surface area contributed by atoms with Gasteiger partial charge < -0.3 is 13.8 Å². The number of fused-ring (bicyclic) bond motifs is 11. The lowest BCUT2D eigenvalue weighted by Gasteiger charge is -2.43. The Morgan fingerprint density at radius 3 is 2.52 bits per heavy atom. The van der Waals surface area contributed by atoms with E-state index < -0.39 is 0 Å². The summed E-state index contributed by atoms with van der Waals surface area (Å²) >= 11 is 0. The maximum atomic E-state index is 6.45. The van der Waals surface area contributed by atoms with Gasteiger partial charge in [0.25, 0.3) is 0 Å². The second-order valence-electron chi connectivity index (χ2n) is 11.7. The molecule has 2 aliphatic rings. The van der Waals surface area contributed by atoms with Crippen molar-refractivity contribution in [1.82, 2.24) is 4.57 Å². The van der Waals surface area contributed by atoms with Crippen LogP contribution in [0.1, 0.15) is 25.8 Å². The summed E-state index contributed by atoms with van der Waals surface area (Å²) in [5.74, 6) is 0. The molecule has 0 amide bonds. The average Bonchev–Trinajstić information content (AvgIpc) is 3.56. The third-order valence-corrected chi connectivity index (χ3v) is 9.23. The Kier molecular flexibility index (Phi) is 4.82. The summed E-state index contributed by atoms with van der Waals surface area (Å²) in [5, 5.41) is 4.95. The molecule has 0 bridgehead atoms. The molecule has 0 saturated heterocycles. The first-order chi connectivity index (χ1) is 20.7. The summed E-state index contributed by atoms with van der Waals surface area (Å²) in [7, 11) is 0. The minimum absolute atomic E-state index is 0.0224. The zero-order valence-corrected chi connectivity index (χ0v) is 24.0. The van der Waals surface area contributed by atoms with Crippen molar-refractivity contribution in [2.75, 3.05) is 4.81 Å². The number of para-hydroxylation sites is 3. The van der Waals surface area contributed by atoms with Crippen molar-refractivity contribution in [2.24, 2.45) is 0 Å². The Bertz CT molecular complexity index is 2330. The molecule has 200 valence electrons. The van der Waals surface area contributed by atoms with E-state index in [4.69, 9.17) is 4.42 Å². The maximum absolute atomic E-state index is 6.45. The van der Waals surface area contributed by atoms with Crippen LogP contribution in [0.3, 0.4) is 0 Å². The molecule has 4 heteroatoms. The van der Waals surface area contributed by atoms with Gasteiger partial charge in [-0.05, 0) is 78.7 Å². The lowest BCUT2D eigenvalue weighted by atomic mass is 9.43. The number of rotatable bonds is 3. The van der Waals surface area contributed by atoms with Crippen molar-refractivity contribution in [3.05, 3.63) is 120 Å². The van der Waals surface area contributed by atoms with E-state index in [9.17, 15) is 0 Å². The van der Waals surface area contributed by atoms with Gasteiger partial charge in [-0.1, -0.05) is 79.7 Å². The minimum Gasteiger partial charge on any atom is -0.456 e. The molecule has 0 aliphatic carbocycles. The zero-order chi connectivity index (χ0) is 28.1. The first-order valence-corrected chi connectivity index (χ1v) is 14.9. The third kappa shape index (κ3) is 2.97. The Morgan fingerprint density at radius 1 is 0.833 bits per heavy atom. The number of furan rings is 1. The molecule has 7 aromatic rings. The standard InChI is InChI=1S/C38H29BN2O/c1-4-5-6-12-24(3)41-38-27(19-20-34-35(38)28-14-8-10-18-33(28)42-34)29-21-23(2)22-32-36(29)39(41)30-16-11-15-26-25-13-7-9-17-31(25)40(32)37(26)30/h5-22H,4H2,1-3H3/b6-5-,24-12+. The smallest absolute Gasteiger partial charge is 0.332 e. The van der Waals surface area contributed by atoms with E-state index in [1.54, 1.807) is 0 Å². The molecule has 3 nitrogen and oxygen atoms in total. The third-order valence-electron chi connectivity index (χ3n) is 9.23. The normalized spacial score (nSPS) is 14.1. The number of hydrogen-bond donors (Lipinski definition) is 0. The van der Waals surface area contributed by atoms with Gasteiger partial charge >= 0.3 is 6.85 Å². The Labute approximate surface area is 245 Å². The van der Waals surface area contributed by atoms with Crippen molar-refractivity contribution in [2.45, 2.75) is 27.2 Å². The predicted octanol–water partition coefficient (Wildman–Crippen LogP) is 8.77. The first kappa shape index (κ1) is 23.7. The number of benzene rings is 5. The number of anilines is 1. The van der Waals surface area contributed by atoms with Crippen molar-refractivity contribution < 1.29 is 4.42 Å². The molecule has 0 saturated carbocycles. The van der Waals surface area contributed by atoms with Crippen LogP contribution in [0.5, 0.6) is 0 Å². The van der Waals surface area contributed by atoms with E-state index in [1.165, 1.54) is 71.9 Å². The number of aromatic nitrogens is 1. The molecule has 4 heterocycles. The maximum Gasteiger partial charge on any atom is 0.332 e. The molecule has 0 N–H and O–H groups in total. The number of nitrogens with zero attached hydrogens (tertiary/aromatic N) is 2. The van der Waals surface area contributed by atoms with Crippen molar-refractivity contribution in [3.8, 4) is 16.8 Å². The quantitative estimate of drug-likeness (QED) is 0.165. The second-order valence-corrected chi connectivity index (χ2v) is 11.7. The highest BCUT2D eigenvalue weighted by Gasteiger charge is 2.44. The molecule has 5 aromatic carbocycles. The van der Waals surface area contributed by atoms with E-state index in [0.717, 1.165) is 23.0 Å². The lowest BCUT2D eigenvalue weighted by Crippen LogP contribution is -2.61. The van der Waals surface area contributed by atoms with Gasteiger partial charge in [0.2, 0.25) is 0 Å². The predicted molar refractivity (Wildman–Crippen MR) is 179 cm³/mol. The molecule has 0 fully saturated rings. The summed E-state index contributed by atoms with van der Waals surface area (Å²) in [5.41, 5.74) is 14.7. The van der Waals surface area contributed by atoms with Crippen LogP contribution in [0.15, 0.2) is 119 Å². The van der Waals surface area contributed by atoms with Crippen molar-refractivity contribution in [3.63, 3.8) is 0 Å². The molecule has 2 aliphatic heterocycles. The van der Waals surface area contributed by atoms with Crippen molar-refractivity contribution in [1.29, 1.82) is 0 Å². The molecule has 9 rings (SSSR count). The molecule has 0 spiro atoms. The molecular weight excluding hydrogens is 511 g/mol.